The fourth-order valence-electron chi connectivity index (χ4n) is 0.545. The van der Waals surface area contributed by atoms with Crippen LogP contribution in [0.2, 0.25) is 0 Å². The molecule has 12 heavy (non-hydrogen) atoms. The summed E-state index contributed by atoms with van der Waals surface area (Å²) >= 11 is 0. The molecule has 0 aromatic carbocycles. The minimum Gasteiger partial charge on any atom is -0.350 e. The van der Waals surface area contributed by atoms with Gasteiger partial charge in [0, 0.05) is 0 Å². The van der Waals surface area contributed by atoms with Crippen molar-refractivity contribution in [2.45, 2.75) is 0 Å². The molecular formula is C3H2N4O4S. The van der Waals surface area contributed by atoms with Gasteiger partial charge in [0.25, 0.3) is 4.99 Å². The molecule has 1 rings (SSSR count). The molecule has 0 saturated heterocycles. The molecule has 0 spiro atoms. The number of rotatable bonds is 0. The van der Waals surface area contributed by atoms with Crippen molar-refractivity contribution in [1.82, 2.24) is 5.01 Å². The SMILES string of the molecule is NC(=O)N1N=NC(=O)C1=S(=O)=O. The number of hydrogen-bond donors (Lipinski definition) is 1. The third-order valence-corrected chi connectivity index (χ3v) is 1.63. The number of primary amides is 1. The topological polar surface area (TPSA) is 122 Å². The number of nitrogens with two attached hydrogens (primary N) is 1. The summed E-state index contributed by atoms with van der Waals surface area (Å²) in [5.41, 5.74) is 4.68. The van der Waals surface area contributed by atoms with E-state index in [2.05, 4.69) is 16.1 Å². The smallest absolute Gasteiger partial charge is 0.342 e. The van der Waals surface area contributed by atoms with E-state index >= 15 is 0 Å². The Morgan fingerprint density at radius 3 is 2.42 bits per heavy atom. The summed E-state index contributed by atoms with van der Waals surface area (Å²) in [7, 11) is -2.87. The van der Waals surface area contributed by atoms with Crippen LogP contribution in [-0.4, -0.2) is 30.4 Å². The standard InChI is InChI=1S/C3H2N4O4S/c4-3(9)7-2(12(10)11)1(8)5-6-7/h(H2,4,9). The summed E-state index contributed by atoms with van der Waals surface area (Å²) in [4.78, 5) is 20.1. The highest BCUT2D eigenvalue weighted by molar-refractivity contribution is 7.74. The number of carbonyl (C=O) groups excluding carboxylic acids is 2. The molecule has 8 nitrogen and oxygen atoms in total. The highest BCUT2D eigenvalue weighted by Gasteiger charge is 2.31. The molecule has 0 atom stereocenters. The molecule has 0 radical (unpaired) electrons. The predicted octanol–water partition coefficient (Wildman–Crippen LogP) is -1.72. The van der Waals surface area contributed by atoms with Gasteiger partial charge >= 0.3 is 11.9 Å². The molecule has 3 amide bonds. The van der Waals surface area contributed by atoms with E-state index in [1.54, 1.807) is 0 Å². The zero-order valence-corrected chi connectivity index (χ0v) is 6.28. The fourth-order valence-corrected chi connectivity index (χ4v) is 0.996. The van der Waals surface area contributed by atoms with Crippen LogP contribution in [0, 0.1) is 0 Å². The lowest BCUT2D eigenvalue weighted by atomic mass is 10.6. The lowest BCUT2D eigenvalue weighted by molar-refractivity contribution is -0.111. The van der Waals surface area contributed by atoms with E-state index < -0.39 is 27.2 Å². The lowest BCUT2D eigenvalue weighted by Crippen LogP contribution is -2.36. The van der Waals surface area contributed by atoms with Gasteiger partial charge < -0.3 is 5.73 Å². The molecule has 0 aromatic heterocycles. The van der Waals surface area contributed by atoms with E-state index in [1.807, 2.05) is 0 Å². The number of amides is 3. The minimum atomic E-state index is -2.87. The van der Waals surface area contributed by atoms with Gasteiger partial charge in [0.1, 0.15) is 0 Å². The second-order valence-corrected chi connectivity index (χ2v) is 2.54. The Bertz CT molecular complexity index is 398. The Kier molecular flexibility index (Phi) is 1.87. The molecule has 1 heterocycles. The Morgan fingerprint density at radius 1 is 1.50 bits per heavy atom. The second kappa shape index (κ2) is 2.70. The monoisotopic (exact) mass is 190 g/mol. The van der Waals surface area contributed by atoms with E-state index in [9.17, 15) is 18.0 Å². The van der Waals surface area contributed by atoms with Crippen molar-refractivity contribution in [1.29, 1.82) is 0 Å². The highest BCUT2D eigenvalue weighted by atomic mass is 32.2. The number of carbonyl (C=O) groups is 2. The van der Waals surface area contributed by atoms with Crippen LogP contribution >= 0.6 is 0 Å². The molecule has 0 fully saturated rings. The Labute approximate surface area is 67.2 Å². The van der Waals surface area contributed by atoms with Crippen molar-refractivity contribution < 1.29 is 18.0 Å². The first-order chi connectivity index (χ1) is 5.54. The van der Waals surface area contributed by atoms with E-state index in [0.29, 0.717) is 0 Å². The maximum Gasteiger partial charge on any atom is 0.342 e. The summed E-state index contributed by atoms with van der Waals surface area (Å²) in [6.07, 6.45) is 0. The van der Waals surface area contributed by atoms with Gasteiger partial charge in [-0.3, -0.25) is 4.79 Å². The lowest BCUT2D eigenvalue weighted by Gasteiger charge is -2.01. The first-order valence-electron chi connectivity index (χ1n) is 2.56. The van der Waals surface area contributed by atoms with Crippen LogP contribution < -0.4 is 5.73 Å². The molecule has 9 heteroatoms. The van der Waals surface area contributed by atoms with Crippen LogP contribution in [0.15, 0.2) is 10.3 Å². The van der Waals surface area contributed by atoms with Gasteiger partial charge in [0.05, 0.1) is 0 Å². The molecule has 0 aliphatic carbocycles. The zero-order chi connectivity index (χ0) is 9.30. The molecule has 0 unspecified atom stereocenters. The van der Waals surface area contributed by atoms with Crippen molar-refractivity contribution in [3.63, 3.8) is 0 Å². The number of nitrogens with zero attached hydrogens (tertiary/aromatic N) is 3. The van der Waals surface area contributed by atoms with E-state index in [0.717, 1.165) is 0 Å². The molecule has 0 aromatic rings. The van der Waals surface area contributed by atoms with Crippen molar-refractivity contribution in [3.05, 3.63) is 0 Å². The molecular weight excluding hydrogens is 188 g/mol. The van der Waals surface area contributed by atoms with Gasteiger partial charge in [0.2, 0.25) is 10.3 Å². The molecule has 1 aliphatic heterocycles. The largest absolute Gasteiger partial charge is 0.350 e. The van der Waals surface area contributed by atoms with Crippen molar-refractivity contribution in [3.8, 4) is 0 Å². The molecule has 0 bridgehead atoms. The average Bonchev–Trinajstić information content (AvgIpc) is 2.30. The average molecular weight is 190 g/mol. The van der Waals surface area contributed by atoms with Gasteiger partial charge in [-0.25, -0.2) is 4.79 Å². The quantitative estimate of drug-likeness (QED) is 0.456. The molecule has 1 aliphatic rings. The van der Waals surface area contributed by atoms with Crippen LogP contribution in [0.25, 0.3) is 0 Å². The van der Waals surface area contributed by atoms with E-state index in [4.69, 9.17) is 0 Å². The summed E-state index contributed by atoms with van der Waals surface area (Å²) in [5.74, 6) is -1.11. The second-order valence-electron chi connectivity index (χ2n) is 1.68. The fraction of sp³-hybridized carbons (Fsp3) is 0. The molecule has 0 saturated carbocycles. The van der Waals surface area contributed by atoms with Gasteiger partial charge in [0.15, 0.2) is 0 Å². The van der Waals surface area contributed by atoms with Crippen LogP contribution in [0.1, 0.15) is 0 Å². The summed E-state index contributed by atoms with van der Waals surface area (Å²) < 4.78 is 20.6. The van der Waals surface area contributed by atoms with Crippen LogP contribution in [0.5, 0.6) is 0 Å². The maximum atomic E-state index is 10.6. The highest BCUT2D eigenvalue weighted by Crippen LogP contribution is 2.03. The third-order valence-electron chi connectivity index (χ3n) is 0.967. The van der Waals surface area contributed by atoms with Gasteiger partial charge in [-0.2, -0.15) is 8.42 Å². The zero-order valence-electron chi connectivity index (χ0n) is 5.46. The Hall–Kier alpha value is -1.77. The van der Waals surface area contributed by atoms with Gasteiger partial charge in [-0.1, -0.05) is 10.3 Å². The number of urea groups is 1. The van der Waals surface area contributed by atoms with Crippen LogP contribution in [0.3, 0.4) is 0 Å². The summed E-state index contributed by atoms with van der Waals surface area (Å²) in [6, 6.07) is -1.18. The molecule has 2 N–H and O–H groups in total. The van der Waals surface area contributed by atoms with Crippen molar-refractivity contribution in [2.75, 3.05) is 0 Å². The summed E-state index contributed by atoms with van der Waals surface area (Å²) in [5, 5.41) is 5.96. The normalized spacial score (nSPS) is 15.5. The van der Waals surface area contributed by atoms with Crippen LogP contribution in [0.4, 0.5) is 4.79 Å². The first kappa shape index (κ1) is 8.33. The summed E-state index contributed by atoms with van der Waals surface area (Å²) in [6.45, 7) is 0. The van der Waals surface area contributed by atoms with Crippen molar-refractivity contribution >= 4 is 27.2 Å². The minimum absolute atomic E-state index is 0.214. The predicted molar refractivity (Wildman–Crippen MR) is 35.2 cm³/mol. The van der Waals surface area contributed by atoms with Gasteiger partial charge in [-0.05, 0) is 0 Å². The molecule has 64 valence electrons. The van der Waals surface area contributed by atoms with Crippen molar-refractivity contribution in [2.24, 2.45) is 16.1 Å². The first-order valence-corrected chi connectivity index (χ1v) is 3.63. The Morgan fingerprint density at radius 2 is 2.08 bits per heavy atom. The maximum absolute atomic E-state index is 10.6. The Balaban J connectivity index is 3.27. The third kappa shape index (κ3) is 1.16. The van der Waals surface area contributed by atoms with E-state index in [-0.39, 0.29) is 5.01 Å². The van der Waals surface area contributed by atoms with E-state index in [1.165, 1.54) is 0 Å². The van der Waals surface area contributed by atoms with Crippen LogP contribution in [-0.2, 0) is 15.1 Å². The van der Waals surface area contributed by atoms with Gasteiger partial charge in [-0.15, -0.1) is 5.01 Å². The number of hydrogen-bond acceptors (Lipinski definition) is 5.